The fourth-order valence-corrected chi connectivity index (χ4v) is 2.90. The van der Waals surface area contributed by atoms with E-state index in [2.05, 4.69) is 10.3 Å². The van der Waals surface area contributed by atoms with Crippen molar-refractivity contribution in [3.8, 4) is 0 Å². The summed E-state index contributed by atoms with van der Waals surface area (Å²) in [5, 5.41) is 2.67. The number of aryl methyl sites for hydroxylation is 1. The average Bonchev–Trinajstić information content (AvgIpc) is 2.38. The zero-order valence-corrected chi connectivity index (χ0v) is 12.1. The molecule has 0 aliphatic rings. The number of aromatic nitrogens is 1. The number of anilines is 1. The van der Waals surface area contributed by atoms with Gasteiger partial charge in [-0.2, -0.15) is 0 Å². The molecule has 0 aliphatic carbocycles. The Labute approximate surface area is 121 Å². The van der Waals surface area contributed by atoms with Crippen LogP contribution in [-0.2, 0) is 9.05 Å². The lowest BCUT2D eigenvalue weighted by Crippen LogP contribution is -2.12. The number of carbonyl (C=O) groups is 1. The summed E-state index contributed by atoms with van der Waals surface area (Å²) < 4.78 is 22.6. The molecule has 7 heteroatoms. The maximum Gasteiger partial charge on any atom is 0.261 e. The number of carbonyl (C=O) groups excluding carboxylic acids is 1. The van der Waals surface area contributed by atoms with Gasteiger partial charge in [0.15, 0.2) is 0 Å². The van der Waals surface area contributed by atoms with Crippen LogP contribution < -0.4 is 5.32 Å². The molecule has 5 nitrogen and oxygen atoms in total. The summed E-state index contributed by atoms with van der Waals surface area (Å²) >= 11 is 0. The van der Waals surface area contributed by atoms with Gasteiger partial charge >= 0.3 is 0 Å². The first kappa shape index (κ1) is 14.5. The molecule has 20 heavy (non-hydrogen) atoms. The van der Waals surface area contributed by atoms with Crippen LogP contribution in [0.2, 0.25) is 0 Å². The fourth-order valence-electron chi connectivity index (χ4n) is 1.71. The number of amides is 1. The van der Waals surface area contributed by atoms with E-state index >= 15 is 0 Å². The number of hydrogen-bond donors (Lipinski definition) is 1. The molecule has 2 aromatic rings. The molecule has 0 bridgehead atoms. The molecule has 0 atom stereocenters. The zero-order valence-electron chi connectivity index (χ0n) is 10.5. The molecule has 1 N–H and O–H groups in total. The standard InChI is InChI=1S/C13H11ClN2O3S/c1-9-8-11(2-3-12(9)20(14,18)19)16-13(17)10-4-6-15-7-5-10/h2-8H,1H3,(H,16,17). The summed E-state index contributed by atoms with van der Waals surface area (Å²) in [4.78, 5) is 15.8. The Morgan fingerprint density at radius 1 is 1.20 bits per heavy atom. The number of halogens is 1. The van der Waals surface area contributed by atoms with E-state index in [4.69, 9.17) is 10.7 Å². The zero-order chi connectivity index (χ0) is 14.8. The van der Waals surface area contributed by atoms with Crippen LogP contribution in [-0.4, -0.2) is 19.3 Å². The van der Waals surface area contributed by atoms with Gasteiger partial charge in [-0.25, -0.2) is 8.42 Å². The first-order chi connectivity index (χ1) is 9.38. The molecule has 0 saturated carbocycles. The van der Waals surface area contributed by atoms with Crippen molar-refractivity contribution in [3.05, 3.63) is 53.9 Å². The lowest BCUT2D eigenvalue weighted by atomic mass is 10.2. The number of pyridine rings is 1. The van der Waals surface area contributed by atoms with Crippen molar-refractivity contribution in [2.24, 2.45) is 0 Å². The van der Waals surface area contributed by atoms with Gasteiger partial charge in [0.05, 0.1) is 4.90 Å². The number of hydrogen-bond acceptors (Lipinski definition) is 4. The van der Waals surface area contributed by atoms with Gasteiger partial charge < -0.3 is 5.32 Å². The van der Waals surface area contributed by atoms with E-state index in [9.17, 15) is 13.2 Å². The molecule has 0 radical (unpaired) electrons. The summed E-state index contributed by atoms with van der Waals surface area (Å²) in [6.07, 6.45) is 3.03. The highest BCUT2D eigenvalue weighted by Crippen LogP contribution is 2.23. The number of rotatable bonds is 3. The molecule has 1 amide bonds. The van der Waals surface area contributed by atoms with Gasteiger partial charge in [0.1, 0.15) is 0 Å². The Kier molecular flexibility index (Phi) is 4.06. The van der Waals surface area contributed by atoms with Gasteiger partial charge in [-0.05, 0) is 42.8 Å². The molecule has 1 aromatic carbocycles. The monoisotopic (exact) mass is 310 g/mol. The predicted octanol–water partition coefficient (Wildman–Crippen LogP) is 2.57. The normalized spacial score (nSPS) is 11.1. The van der Waals surface area contributed by atoms with E-state index in [1.165, 1.54) is 24.5 Å². The van der Waals surface area contributed by atoms with Crippen LogP contribution in [0.1, 0.15) is 15.9 Å². The van der Waals surface area contributed by atoms with Crippen molar-refractivity contribution < 1.29 is 13.2 Å². The van der Waals surface area contributed by atoms with Gasteiger partial charge in [0.2, 0.25) is 0 Å². The van der Waals surface area contributed by atoms with Crippen LogP contribution in [0.5, 0.6) is 0 Å². The molecule has 1 heterocycles. The van der Waals surface area contributed by atoms with Crippen LogP contribution in [0.25, 0.3) is 0 Å². The molecule has 104 valence electrons. The largest absolute Gasteiger partial charge is 0.322 e. The Morgan fingerprint density at radius 3 is 2.40 bits per heavy atom. The Balaban J connectivity index is 2.24. The van der Waals surface area contributed by atoms with Crippen LogP contribution in [0, 0.1) is 6.92 Å². The van der Waals surface area contributed by atoms with Gasteiger partial charge in [0, 0.05) is 34.3 Å². The SMILES string of the molecule is Cc1cc(NC(=O)c2ccncc2)ccc1S(=O)(=O)Cl. The number of nitrogens with one attached hydrogen (secondary N) is 1. The van der Waals surface area contributed by atoms with E-state index in [1.54, 1.807) is 25.1 Å². The molecule has 0 saturated heterocycles. The number of benzene rings is 1. The number of nitrogens with zero attached hydrogens (tertiary/aromatic N) is 1. The highest BCUT2D eigenvalue weighted by atomic mass is 35.7. The van der Waals surface area contributed by atoms with Crippen LogP contribution in [0.15, 0.2) is 47.6 Å². The Morgan fingerprint density at radius 2 is 1.85 bits per heavy atom. The van der Waals surface area contributed by atoms with Gasteiger partial charge in [-0.15, -0.1) is 0 Å². The predicted molar refractivity (Wildman–Crippen MR) is 76.4 cm³/mol. The summed E-state index contributed by atoms with van der Waals surface area (Å²) in [7, 11) is 1.52. The van der Waals surface area contributed by atoms with Crippen molar-refractivity contribution in [3.63, 3.8) is 0 Å². The van der Waals surface area contributed by atoms with Crippen LogP contribution in [0.4, 0.5) is 5.69 Å². The van der Waals surface area contributed by atoms with E-state index in [1.807, 2.05) is 0 Å². The first-order valence-corrected chi connectivity index (χ1v) is 7.95. The highest BCUT2D eigenvalue weighted by molar-refractivity contribution is 8.13. The fraction of sp³-hybridized carbons (Fsp3) is 0.0769. The molecular weight excluding hydrogens is 300 g/mol. The third-order valence-corrected chi connectivity index (χ3v) is 4.12. The topological polar surface area (TPSA) is 76.1 Å². The first-order valence-electron chi connectivity index (χ1n) is 5.64. The van der Waals surface area contributed by atoms with Crippen molar-refractivity contribution in [2.75, 3.05) is 5.32 Å². The van der Waals surface area contributed by atoms with Crippen molar-refractivity contribution in [1.82, 2.24) is 4.98 Å². The second-order valence-electron chi connectivity index (χ2n) is 4.11. The van der Waals surface area contributed by atoms with Gasteiger partial charge in [-0.3, -0.25) is 9.78 Å². The van der Waals surface area contributed by atoms with E-state index in [0.29, 0.717) is 16.8 Å². The smallest absolute Gasteiger partial charge is 0.261 e. The quantitative estimate of drug-likeness (QED) is 0.884. The second kappa shape index (κ2) is 5.60. The van der Waals surface area contributed by atoms with Gasteiger partial charge in [-0.1, -0.05) is 0 Å². The summed E-state index contributed by atoms with van der Waals surface area (Å²) in [5.41, 5.74) is 1.42. The van der Waals surface area contributed by atoms with Gasteiger partial charge in [0.25, 0.3) is 15.0 Å². The summed E-state index contributed by atoms with van der Waals surface area (Å²) in [6.45, 7) is 1.61. The molecule has 0 unspecified atom stereocenters. The lowest BCUT2D eigenvalue weighted by Gasteiger charge is -2.08. The summed E-state index contributed by atoms with van der Waals surface area (Å²) in [5.74, 6) is -0.298. The lowest BCUT2D eigenvalue weighted by molar-refractivity contribution is 0.102. The third-order valence-electron chi connectivity index (χ3n) is 2.64. The molecule has 2 rings (SSSR count). The molecule has 1 aromatic heterocycles. The van der Waals surface area contributed by atoms with Crippen LogP contribution >= 0.6 is 10.7 Å². The maximum atomic E-state index is 11.9. The van der Waals surface area contributed by atoms with Crippen molar-refractivity contribution in [2.45, 2.75) is 11.8 Å². The van der Waals surface area contributed by atoms with Crippen molar-refractivity contribution in [1.29, 1.82) is 0 Å². The minimum atomic E-state index is -3.78. The van der Waals surface area contributed by atoms with Crippen LogP contribution in [0.3, 0.4) is 0 Å². The molecular formula is C13H11ClN2O3S. The Bertz CT molecular complexity index is 745. The maximum absolute atomic E-state index is 11.9. The van der Waals surface area contributed by atoms with E-state index in [-0.39, 0.29) is 10.8 Å². The molecule has 0 spiro atoms. The molecule has 0 fully saturated rings. The minimum absolute atomic E-state index is 0.0288. The van der Waals surface area contributed by atoms with Crippen molar-refractivity contribution >= 4 is 31.3 Å². The molecule has 0 aliphatic heterocycles. The highest BCUT2D eigenvalue weighted by Gasteiger charge is 2.14. The average molecular weight is 311 g/mol. The summed E-state index contributed by atoms with van der Waals surface area (Å²) in [6, 6.07) is 7.56. The Hall–Kier alpha value is -1.92. The second-order valence-corrected chi connectivity index (χ2v) is 6.64. The third kappa shape index (κ3) is 3.34. The van der Waals surface area contributed by atoms with E-state index in [0.717, 1.165) is 0 Å². The van der Waals surface area contributed by atoms with E-state index < -0.39 is 9.05 Å². The minimum Gasteiger partial charge on any atom is -0.322 e.